The molecule has 1 aromatic carbocycles. The van der Waals surface area contributed by atoms with Gasteiger partial charge in [0.05, 0.1) is 5.56 Å². The van der Waals surface area contributed by atoms with Crippen molar-refractivity contribution in [2.45, 2.75) is 38.5 Å². The van der Waals surface area contributed by atoms with E-state index in [0.717, 1.165) is 30.7 Å². The molecule has 1 saturated carbocycles. The molecule has 0 spiro atoms. The average Bonchev–Trinajstić information content (AvgIpc) is 3.32. The van der Waals surface area contributed by atoms with Crippen LogP contribution < -0.4 is 5.32 Å². The van der Waals surface area contributed by atoms with E-state index < -0.39 is 0 Å². The number of nitrogens with one attached hydrogen (secondary N) is 1. The maximum atomic E-state index is 12.6. The van der Waals surface area contributed by atoms with E-state index in [4.69, 9.17) is 0 Å². The zero-order chi connectivity index (χ0) is 16.7. The summed E-state index contributed by atoms with van der Waals surface area (Å²) in [6.45, 7) is 2.25. The molecule has 0 saturated heterocycles. The zero-order valence-electron chi connectivity index (χ0n) is 13.7. The Kier molecular flexibility index (Phi) is 3.90. The second kappa shape index (κ2) is 6.07. The van der Waals surface area contributed by atoms with Gasteiger partial charge in [0.15, 0.2) is 0 Å². The lowest BCUT2D eigenvalue weighted by atomic mass is 9.88. The van der Waals surface area contributed by atoms with Crippen LogP contribution in [0.15, 0.2) is 30.3 Å². The molecule has 1 amide bonds. The molecule has 3 atom stereocenters. The lowest BCUT2D eigenvalue weighted by molar-refractivity contribution is -0.117. The van der Waals surface area contributed by atoms with Gasteiger partial charge in [-0.3, -0.25) is 4.79 Å². The van der Waals surface area contributed by atoms with E-state index in [-0.39, 0.29) is 11.8 Å². The van der Waals surface area contributed by atoms with E-state index in [0.29, 0.717) is 17.4 Å². The van der Waals surface area contributed by atoms with Gasteiger partial charge in [-0.2, -0.15) is 5.26 Å². The van der Waals surface area contributed by atoms with Gasteiger partial charge in [-0.25, -0.2) is 0 Å². The number of amides is 1. The summed E-state index contributed by atoms with van der Waals surface area (Å²) in [5.41, 5.74) is 3.11. The number of nitriles is 1. The summed E-state index contributed by atoms with van der Waals surface area (Å²) in [6.07, 6.45) is 4.02. The molecule has 1 N–H and O–H groups in total. The van der Waals surface area contributed by atoms with Gasteiger partial charge in [-0.05, 0) is 48.6 Å². The van der Waals surface area contributed by atoms with Crippen LogP contribution >= 0.6 is 11.3 Å². The van der Waals surface area contributed by atoms with Crippen molar-refractivity contribution in [3.8, 4) is 6.07 Å². The zero-order valence-corrected chi connectivity index (χ0v) is 14.5. The maximum Gasteiger partial charge on any atom is 0.228 e. The van der Waals surface area contributed by atoms with Crippen molar-refractivity contribution in [3.05, 3.63) is 51.9 Å². The number of rotatable bonds is 3. The first-order chi connectivity index (χ1) is 11.7. The first-order valence-corrected chi connectivity index (χ1v) is 9.39. The van der Waals surface area contributed by atoms with Gasteiger partial charge in [-0.15, -0.1) is 11.3 Å². The van der Waals surface area contributed by atoms with Crippen LogP contribution in [0.25, 0.3) is 0 Å². The molecule has 1 heterocycles. The van der Waals surface area contributed by atoms with Crippen LogP contribution in [0.5, 0.6) is 0 Å². The van der Waals surface area contributed by atoms with Crippen molar-refractivity contribution in [1.29, 1.82) is 5.26 Å². The highest BCUT2D eigenvalue weighted by Gasteiger charge is 2.44. The Bertz CT molecular complexity index is 818. The van der Waals surface area contributed by atoms with Crippen molar-refractivity contribution >= 4 is 22.2 Å². The molecule has 24 heavy (non-hydrogen) atoms. The Balaban J connectivity index is 1.50. The number of fused-ring (bicyclic) bond motifs is 1. The lowest BCUT2D eigenvalue weighted by Crippen LogP contribution is -2.14. The average molecular weight is 336 g/mol. The number of nitrogens with zero attached hydrogens (tertiary/aromatic N) is 1. The third-order valence-electron chi connectivity index (χ3n) is 5.22. The second-order valence-corrected chi connectivity index (χ2v) is 8.12. The Morgan fingerprint density at radius 3 is 2.88 bits per heavy atom. The van der Waals surface area contributed by atoms with Crippen LogP contribution in [0.3, 0.4) is 0 Å². The molecule has 2 aliphatic rings. The minimum Gasteiger partial charge on any atom is -0.316 e. The standard InChI is InChI=1S/C20H20N2OS/c1-12-7-8-14-17(11-21)20(24-18(14)9-12)22-19(23)16-10-15(16)13-5-3-2-4-6-13/h2-6,12,15-16H,7-10H2,1H3,(H,22,23)/t12-,15+,16-/m0/s1. The smallest absolute Gasteiger partial charge is 0.228 e. The van der Waals surface area contributed by atoms with E-state index in [1.165, 1.54) is 16.0 Å². The summed E-state index contributed by atoms with van der Waals surface area (Å²) >= 11 is 1.61. The summed E-state index contributed by atoms with van der Waals surface area (Å²) < 4.78 is 0. The minimum absolute atomic E-state index is 0.0389. The first-order valence-electron chi connectivity index (χ1n) is 8.57. The summed E-state index contributed by atoms with van der Waals surface area (Å²) in [4.78, 5) is 13.9. The van der Waals surface area contributed by atoms with E-state index in [1.54, 1.807) is 11.3 Å². The van der Waals surface area contributed by atoms with Crippen LogP contribution in [0, 0.1) is 23.2 Å². The van der Waals surface area contributed by atoms with Gasteiger partial charge in [0, 0.05) is 10.8 Å². The number of anilines is 1. The Morgan fingerprint density at radius 2 is 2.12 bits per heavy atom. The van der Waals surface area contributed by atoms with Crippen molar-refractivity contribution in [3.63, 3.8) is 0 Å². The van der Waals surface area contributed by atoms with Gasteiger partial charge in [0.25, 0.3) is 0 Å². The predicted octanol–water partition coefficient (Wildman–Crippen LogP) is 4.49. The molecule has 0 unspecified atom stereocenters. The first kappa shape index (κ1) is 15.4. The Labute approximate surface area is 146 Å². The number of hydrogen-bond acceptors (Lipinski definition) is 3. The summed E-state index contributed by atoms with van der Waals surface area (Å²) in [7, 11) is 0. The number of carbonyl (C=O) groups is 1. The normalized spacial score (nSPS) is 24.8. The van der Waals surface area contributed by atoms with Gasteiger partial charge < -0.3 is 5.32 Å². The monoisotopic (exact) mass is 336 g/mol. The highest BCUT2D eigenvalue weighted by molar-refractivity contribution is 7.16. The van der Waals surface area contributed by atoms with Crippen LogP contribution in [-0.4, -0.2) is 5.91 Å². The SMILES string of the molecule is C[C@H]1CCc2c(sc(NC(=O)[C@H]3C[C@@H]3c3ccccc3)c2C#N)C1. The molecule has 1 fully saturated rings. The highest BCUT2D eigenvalue weighted by atomic mass is 32.1. The lowest BCUT2D eigenvalue weighted by Gasteiger charge is -2.17. The van der Waals surface area contributed by atoms with Gasteiger partial charge in [-0.1, -0.05) is 37.3 Å². The number of hydrogen-bond donors (Lipinski definition) is 1. The molecule has 122 valence electrons. The highest BCUT2D eigenvalue weighted by Crippen LogP contribution is 2.48. The van der Waals surface area contributed by atoms with Crippen molar-refractivity contribution < 1.29 is 4.79 Å². The summed E-state index contributed by atoms with van der Waals surface area (Å²) in [6, 6.07) is 12.5. The predicted molar refractivity (Wildman–Crippen MR) is 96.1 cm³/mol. The second-order valence-electron chi connectivity index (χ2n) is 7.02. The minimum atomic E-state index is 0.0389. The van der Waals surface area contributed by atoms with Gasteiger partial charge in [0.1, 0.15) is 11.1 Å². The van der Waals surface area contributed by atoms with Crippen LogP contribution in [0.2, 0.25) is 0 Å². The van der Waals surface area contributed by atoms with Crippen LogP contribution in [0.1, 0.15) is 47.3 Å². The van der Waals surface area contributed by atoms with Gasteiger partial charge in [0.2, 0.25) is 5.91 Å². The van der Waals surface area contributed by atoms with E-state index in [2.05, 4.69) is 30.4 Å². The quantitative estimate of drug-likeness (QED) is 0.898. The van der Waals surface area contributed by atoms with E-state index in [9.17, 15) is 10.1 Å². The van der Waals surface area contributed by atoms with Crippen molar-refractivity contribution in [2.24, 2.45) is 11.8 Å². The molecule has 1 aromatic heterocycles. The summed E-state index contributed by atoms with van der Waals surface area (Å²) in [5, 5.41) is 13.3. The van der Waals surface area contributed by atoms with Crippen LogP contribution in [0.4, 0.5) is 5.00 Å². The number of carbonyl (C=O) groups excluding carboxylic acids is 1. The third-order valence-corrected chi connectivity index (χ3v) is 6.38. The Hall–Kier alpha value is -2.12. The van der Waals surface area contributed by atoms with Crippen LogP contribution in [-0.2, 0) is 17.6 Å². The fraction of sp³-hybridized carbons (Fsp3) is 0.400. The van der Waals surface area contributed by atoms with Gasteiger partial charge >= 0.3 is 0 Å². The van der Waals surface area contributed by atoms with Crippen molar-refractivity contribution in [2.75, 3.05) is 5.32 Å². The third kappa shape index (κ3) is 2.74. The summed E-state index contributed by atoms with van der Waals surface area (Å²) in [5.74, 6) is 1.09. The fourth-order valence-corrected chi connectivity index (χ4v) is 5.08. The maximum absolute atomic E-state index is 12.6. The molecule has 4 heteroatoms. The molecule has 0 aliphatic heterocycles. The molecule has 4 rings (SSSR count). The molecular formula is C20H20N2OS. The number of thiophene rings is 1. The molecule has 2 aromatic rings. The molecule has 3 nitrogen and oxygen atoms in total. The molecular weight excluding hydrogens is 316 g/mol. The fourth-order valence-electron chi connectivity index (χ4n) is 3.72. The molecule has 2 aliphatic carbocycles. The van der Waals surface area contributed by atoms with Crippen molar-refractivity contribution in [1.82, 2.24) is 0 Å². The van der Waals surface area contributed by atoms with E-state index in [1.807, 2.05) is 18.2 Å². The largest absolute Gasteiger partial charge is 0.316 e. The van der Waals surface area contributed by atoms with E-state index >= 15 is 0 Å². The molecule has 0 radical (unpaired) electrons. The Morgan fingerprint density at radius 1 is 1.33 bits per heavy atom. The molecule has 0 bridgehead atoms. The number of benzene rings is 1. The topological polar surface area (TPSA) is 52.9 Å².